The SMILES string of the molecule is CCCC(NCC)C(CC)c1ccc(OC)cc1. The van der Waals surface area contributed by atoms with Gasteiger partial charge in [0.25, 0.3) is 0 Å². The average molecular weight is 249 g/mol. The second kappa shape index (κ2) is 8.15. The van der Waals surface area contributed by atoms with Crippen LogP contribution in [0, 0.1) is 0 Å². The highest BCUT2D eigenvalue weighted by atomic mass is 16.5. The smallest absolute Gasteiger partial charge is 0.118 e. The van der Waals surface area contributed by atoms with Crippen LogP contribution < -0.4 is 10.1 Å². The Bertz CT molecular complexity index is 314. The maximum absolute atomic E-state index is 5.22. The number of hydrogen-bond donors (Lipinski definition) is 1. The van der Waals surface area contributed by atoms with Crippen LogP contribution in [0.15, 0.2) is 24.3 Å². The summed E-state index contributed by atoms with van der Waals surface area (Å²) in [5, 5.41) is 3.63. The molecule has 1 N–H and O–H groups in total. The molecule has 0 saturated carbocycles. The van der Waals surface area contributed by atoms with Crippen molar-refractivity contribution < 1.29 is 4.74 Å². The number of rotatable bonds is 8. The summed E-state index contributed by atoms with van der Waals surface area (Å²) in [6, 6.07) is 9.11. The number of benzene rings is 1. The Hall–Kier alpha value is -1.02. The minimum absolute atomic E-state index is 0.582. The molecule has 0 heterocycles. The van der Waals surface area contributed by atoms with E-state index in [1.165, 1.54) is 24.8 Å². The van der Waals surface area contributed by atoms with E-state index in [2.05, 4.69) is 50.4 Å². The molecule has 0 aromatic heterocycles. The van der Waals surface area contributed by atoms with Gasteiger partial charge in [-0.05, 0) is 43.0 Å². The van der Waals surface area contributed by atoms with Gasteiger partial charge >= 0.3 is 0 Å². The minimum atomic E-state index is 0.582. The Balaban J connectivity index is 2.83. The van der Waals surface area contributed by atoms with E-state index in [4.69, 9.17) is 4.74 Å². The van der Waals surface area contributed by atoms with Gasteiger partial charge in [-0.3, -0.25) is 0 Å². The summed E-state index contributed by atoms with van der Waals surface area (Å²) in [5.74, 6) is 1.53. The van der Waals surface area contributed by atoms with E-state index in [1.54, 1.807) is 7.11 Å². The van der Waals surface area contributed by atoms with Crippen LogP contribution in [0.3, 0.4) is 0 Å². The first-order valence-corrected chi connectivity index (χ1v) is 7.14. The second-order valence-electron chi connectivity index (χ2n) is 4.74. The topological polar surface area (TPSA) is 21.3 Å². The van der Waals surface area contributed by atoms with Crippen molar-refractivity contribution >= 4 is 0 Å². The van der Waals surface area contributed by atoms with Gasteiger partial charge in [0, 0.05) is 6.04 Å². The van der Waals surface area contributed by atoms with Crippen LogP contribution in [0.25, 0.3) is 0 Å². The molecule has 102 valence electrons. The van der Waals surface area contributed by atoms with Crippen LogP contribution in [-0.4, -0.2) is 19.7 Å². The quantitative estimate of drug-likeness (QED) is 0.753. The lowest BCUT2D eigenvalue weighted by Gasteiger charge is -2.27. The Morgan fingerprint density at radius 1 is 1.11 bits per heavy atom. The molecule has 2 heteroatoms. The van der Waals surface area contributed by atoms with Crippen LogP contribution in [0.1, 0.15) is 51.5 Å². The predicted octanol–water partition coefficient (Wildman–Crippen LogP) is 3.97. The Labute approximate surface area is 112 Å². The minimum Gasteiger partial charge on any atom is -0.497 e. The summed E-state index contributed by atoms with van der Waals surface area (Å²) in [7, 11) is 1.71. The fourth-order valence-corrected chi connectivity index (χ4v) is 2.62. The molecular formula is C16H27NO. The van der Waals surface area contributed by atoms with Gasteiger partial charge in [0.05, 0.1) is 7.11 Å². The van der Waals surface area contributed by atoms with Crippen molar-refractivity contribution in [1.82, 2.24) is 5.32 Å². The Morgan fingerprint density at radius 3 is 2.22 bits per heavy atom. The van der Waals surface area contributed by atoms with E-state index >= 15 is 0 Å². The molecule has 0 spiro atoms. The standard InChI is InChI=1S/C16H27NO/c1-5-8-16(17-7-3)15(6-2)13-9-11-14(18-4)12-10-13/h9-12,15-17H,5-8H2,1-4H3. The summed E-state index contributed by atoms with van der Waals surface area (Å²) >= 11 is 0. The molecule has 2 atom stereocenters. The number of hydrogen-bond acceptors (Lipinski definition) is 2. The molecule has 0 aliphatic rings. The summed E-state index contributed by atoms with van der Waals surface area (Å²) in [6.07, 6.45) is 3.63. The lowest BCUT2D eigenvalue weighted by Crippen LogP contribution is -2.34. The molecule has 0 bridgehead atoms. The van der Waals surface area contributed by atoms with Crippen molar-refractivity contribution in [3.05, 3.63) is 29.8 Å². The normalized spacial score (nSPS) is 14.2. The number of methoxy groups -OCH3 is 1. The zero-order chi connectivity index (χ0) is 13.4. The molecule has 0 amide bonds. The maximum Gasteiger partial charge on any atom is 0.118 e. The predicted molar refractivity (Wildman–Crippen MR) is 78.4 cm³/mol. The lowest BCUT2D eigenvalue weighted by molar-refractivity contribution is 0.400. The third-order valence-electron chi connectivity index (χ3n) is 3.54. The van der Waals surface area contributed by atoms with Crippen molar-refractivity contribution in [3.8, 4) is 5.75 Å². The van der Waals surface area contributed by atoms with E-state index in [1.807, 2.05) is 0 Å². The van der Waals surface area contributed by atoms with Gasteiger partial charge in [-0.15, -0.1) is 0 Å². The summed E-state index contributed by atoms with van der Waals surface area (Å²) in [4.78, 5) is 0. The fraction of sp³-hybridized carbons (Fsp3) is 0.625. The van der Waals surface area contributed by atoms with Crippen molar-refractivity contribution in [2.75, 3.05) is 13.7 Å². The van der Waals surface area contributed by atoms with E-state index in [9.17, 15) is 0 Å². The highest BCUT2D eigenvalue weighted by Crippen LogP contribution is 2.27. The monoisotopic (exact) mass is 249 g/mol. The molecule has 1 aromatic carbocycles. The van der Waals surface area contributed by atoms with Gasteiger partial charge in [-0.25, -0.2) is 0 Å². The number of ether oxygens (including phenoxy) is 1. The molecule has 2 nitrogen and oxygen atoms in total. The van der Waals surface area contributed by atoms with Crippen LogP contribution in [0.5, 0.6) is 5.75 Å². The van der Waals surface area contributed by atoms with Crippen molar-refractivity contribution in [1.29, 1.82) is 0 Å². The molecule has 0 radical (unpaired) electrons. The van der Waals surface area contributed by atoms with E-state index in [-0.39, 0.29) is 0 Å². The molecule has 0 aliphatic carbocycles. The first-order valence-electron chi connectivity index (χ1n) is 7.14. The zero-order valence-electron chi connectivity index (χ0n) is 12.2. The molecule has 0 saturated heterocycles. The molecule has 2 unspecified atom stereocenters. The first-order chi connectivity index (χ1) is 8.76. The van der Waals surface area contributed by atoms with Crippen LogP contribution in [-0.2, 0) is 0 Å². The van der Waals surface area contributed by atoms with Gasteiger partial charge in [-0.2, -0.15) is 0 Å². The summed E-state index contributed by atoms with van der Waals surface area (Å²) in [6.45, 7) is 7.75. The van der Waals surface area contributed by atoms with E-state index < -0.39 is 0 Å². The van der Waals surface area contributed by atoms with Crippen molar-refractivity contribution in [3.63, 3.8) is 0 Å². The molecule has 1 aromatic rings. The third-order valence-corrected chi connectivity index (χ3v) is 3.54. The maximum atomic E-state index is 5.22. The Morgan fingerprint density at radius 2 is 1.78 bits per heavy atom. The molecule has 1 rings (SSSR count). The lowest BCUT2D eigenvalue weighted by atomic mass is 9.86. The van der Waals surface area contributed by atoms with Crippen molar-refractivity contribution in [2.24, 2.45) is 0 Å². The Kier molecular flexibility index (Phi) is 6.81. The van der Waals surface area contributed by atoms with Crippen LogP contribution in [0.2, 0.25) is 0 Å². The molecular weight excluding hydrogens is 222 g/mol. The zero-order valence-corrected chi connectivity index (χ0v) is 12.2. The van der Waals surface area contributed by atoms with E-state index in [0.29, 0.717) is 12.0 Å². The van der Waals surface area contributed by atoms with E-state index in [0.717, 1.165) is 12.3 Å². The molecule has 18 heavy (non-hydrogen) atoms. The van der Waals surface area contributed by atoms with Crippen LogP contribution >= 0.6 is 0 Å². The van der Waals surface area contributed by atoms with Gasteiger partial charge in [0.1, 0.15) is 5.75 Å². The number of likely N-dealkylation sites (N-methyl/N-ethyl adjacent to an activating group) is 1. The summed E-state index contributed by atoms with van der Waals surface area (Å²) in [5.41, 5.74) is 1.41. The van der Waals surface area contributed by atoms with Gasteiger partial charge in [-0.1, -0.05) is 39.3 Å². The number of nitrogens with one attached hydrogen (secondary N) is 1. The first kappa shape index (κ1) is 15.0. The third kappa shape index (κ3) is 4.02. The molecule has 0 aliphatic heterocycles. The van der Waals surface area contributed by atoms with Crippen molar-refractivity contribution in [2.45, 2.75) is 52.0 Å². The van der Waals surface area contributed by atoms with Crippen LogP contribution in [0.4, 0.5) is 0 Å². The largest absolute Gasteiger partial charge is 0.497 e. The molecule has 0 fully saturated rings. The highest BCUT2D eigenvalue weighted by molar-refractivity contribution is 5.30. The highest BCUT2D eigenvalue weighted by Gasteiger charge is 2.19. The second-order valence-corrected chi connectivity index (χ2v) is 4.74. The fourth-order valence-electron chi connectivity index (χ4n) is 2.62. The summed E-state index contributed by atoms with van der Waals surface area (Å²) < 4.78 is 5.22. The van der Waals surface area contributed by atoms with Gasteiger partial charge in [0.15, 0.2) is 0 Å². The average Bonchev–Trinajstić information content (AvgIpc) is 2.41. The van der Waals surface area contributed by atoms with Gasteiger partial charge in [0.2, 0.25) is 0 Å². The van der Waals surface area contributed by atoms with Gasteiger partial charge < -0.3 is 10.1 Å².